The molecule has 0 nitrogen and oxygen atoms in total. The van der Waals surface area contributed by atoms with Crippen LogP contribution in [0, 0.1) is 0 Å². The first-order chi connectivity index (χ1) is 20.5. The molecule has 2 atom stereocenters. The number of allylic oxidation sites excluding steroid dienone is 2. The van der Waals surface area contributed by atoms with Crippen LogP contribution in [0.15, 0.2) is 109 Å². The highest BCUT2D eigenvalue weighted by Crippen LogP contribution is 2.51. The van der Waals surface area contributed by atoms with Gasteiger partial charge in [0.25, 0.3) is 0 Å². The average molecular weight is 624 g/mol. The van der Waals surface area contributed by atoms with Gasteiger partial charge in [-0.3, -0.25) is 0 Å². The Morgan fingerprint density at radius 3 is 1.21 bits per heavy atom. The molecule has 0 radical (unpaired) electrons. The van der Waals surface area contributed by atoms with Crippen LogP contribution in [0.4, 0.5) is 0 Å². The van der Waals surface area contributed by atoms with Crippen molar-refractivity contribution in [3.05, 3.63) is 131 Å². The molecule has 6 rings (SSSR count). The number of hydrogen-bond acceptors (Lipinski definition) is 0. The second-order valence-electron chi connectivity index (χ2n) is 11.8. The molecule has 214 valence electrons. The standard InChI is InChI=1S/C38H40Cl2Si2/c1-3-5-21-33-31-23-13-15-25-35(31)41(39,37(33)29-17-9-7-10-18-29)27-28-42(40)36-26-16-14-24-32(36)34(22-6-4-2)38(42)30-19-11-8-12-20-30/h7-20,23-26H,3-6,21-22,27-28H2,1-2H3. The van der Waals surface area contributed by atoms with Gasteiger partial charge in [-0.15, -0.1) is 0 Å². The van der Waals surface area contributed by atoms with Crippen LogP contribution < -0.4 is 10.4 Å². The Hall–Kier alpha value is -2.63. The molecule has 2 unspecified atom stereocenters. The van der Waals surface area contributed by atoms with Crippen molar-refractivity contribution in [1.29, 1.82) is 0 Å². The Balaban J connectivity index is 1.49. The molecule has 0 N–H and O–H groups in total. The van der Waals surface area contributed by atoms with Crippen LogP contribution in [0.3, 0.4) is 0 Å². The minimum Gasteiger partial charge on any atom is -0.155 e. The van der Waals surface area contributed by atoms with E-state index in [1.54, 1.807) is 0 Å². The lowest BCUT2D eigenvalue weighted by atomic mass is 9.98. The predicted octanol–water partition coefficient (Wildman–Crippen LogP) is 10.5. The summed E-state index contributed by atoms with van der Waals surface area (Å²) in [5, 5.41) is 5.62. The molecule has 4 heteroatoms. The zero-order chi connectivity index (χ0) is 29.2. The van der Waals surface area contributed by atoms with E-state index in [1.165, 1.54) is 79.8 Å². The summed E-state index contributed by atoms with van der Waals surface area (Å²) in [5.74, 6) is 0. The molecule has 4 aromatic carbocycles. The maximum absolute atomic E-state index is 8.19. The summed E-state index contributed by atoms with van der Waals surface area (Å²) < 4.78 is 0. The summed E-state index contributed by atoms with van der Waals surface area (Å²) in [7, 11) is -5.25. The van der Waals surface area contributed by atoms with E-state index in [2.05, 4.69) is 123 Å². The van der Waals surface area contributed by atoms with Gasteiger partial charge in [0.05, 0.1) is 0 Å². The van der Waals surface area contributed by atoms with Crippen molar-refractivity contribution in [2.45, 2.75) is 64.5 Å². The highest BCUT2D eigenvalue weighted by Gasteiger charge is 2.52. The number of rotatable bonds is 11. The summed E-state index contributed by atoms with van der Waals surface area (Å²) >= 11 is 16.4. The van der Waals surface area contributed by atoms with E-state index in [0.717, 1.165) is 24.9 Å². The van der Waals surface area contributed by atoms with Gasteiger partial charge in [0.1, 0.15) is 0 Å². The van der Waals surface area contributed by atoms with Gasteiger partial charge >= 0.3 is 0 Å². The first-order valence-electron chi connectivity index (χ1n) is 15.7. The lowest BCUT2D eigenvalue weighted by Gasteiger charge is -2.31. The zero-order valence-electron chi connectivity index (χ0n) is 24.8. The third-order valence-corrected chi connectivity index (χ3v) is 20.5. The molecule has 4 aromatic rings. The fourth-order valence-corrected chi connectivity index (χ4v) is 20.4. The fraction of sp³-hybridized carbons (Fsp3) is 0.263. The largest absolute Gasteiger partial charge is 0.218 e. The fourth-order valence-electron chi connectivity index (χ4n) is 7.31. The molecule has 0 aliphatic carbocycles. The zero-order valence-corrected chi connectivity index (χ0v) is 28.3. The first kappa shape index (κ1) is 29.4. The maximum Gasteiger partial charge on any atom is 0.218 e. The first-order valence-corrected chi connectivity index (χ1v) is 22.1. The number of halogens is 2. The van der Waals surface area contributed by atoms with E-state index in [-0.39, 0.29) is 0 Å². The minimum atomic E-state index is -2.62. The lowest BCUT2D eigenvalue weighted by molar-refractivity contribution is 0.826. The van der Waals surface area contributed by atoms with Gasteiger partial charge in [-0.05, 0) is 91.9 Å². The van der Waals surface area contributed by atoms with Crippen LogP contribution >= 0.6 is 22.2 Å². The number of benzene rings is 4. The van der Waals surface area contributed by atoms with Crippen molar-refractivity contribution in [2.24, 2.45) is 0 Å². The van der Waals surface area contributed by atoms with Crippen molar-refractivity contribution in [2.75, 3.05) is 0 Å². The van der Waals surface area contributed by atoms with E-state index < -0.39 is 14.8 Å². The van der Waals surface area contributed by atoms with Gasteiger partial charge in [-0.1, -0.05) is 136 Å². The summed E-state index contributed by atoms with van der Waals surface area (Å²) in [5.41, 5.74) is 8.29. The molecule has 2 heterocycles. The highest BCUT2D eigenvalue weighted by molar-refractivity contribution is 7.41. The van der Waals surface area contributed by atoms with E-state index in [1.807, 2.05) is 0 Å². The average Bonchev–Trinajstić information content (AvgIpc) is 3.44. The van der Waals surface area contributed by atoms with Crippen LogP contribution in [0.1, 0.15) is 74.6 Å². The second kappa shape index (κ2) is 12.5. The Bertz CT molecular complexity index is 1500. The van der Waals surface area contributed by atoms with Gasteiger partial charge in [-0.25, -0.2) is 0 Å². The van der Waals surface area contributed by atoms with Crippen LogP contribution in [0.25, 0.3) is 21.5 Å². The lowest BCUT2D eigenvalue weighted by Crippen LogP contribution is -2.47. The molecule has 0 saturated heterocycles. The van der Waals surface area contributed by atoms with E-state index in [4.69, 9.17) is 22.2 Å². The molecule has 0 spiro atoms. The van der Waals surface area contributed by atoms with Crippen molar-refractivity contribution in [3.8, 4) is 0 Å². The van der Waals surface area contributed by atoms with Gasteiger partial charge in [0.2, 0.25) is 14.8 Å². The van der Waals surface area contributed by atoms with Crippen LogP contribution in [-0.4, -0.2) is 14.8 Å². The van der Waals surface area contributed by atoms with Crippen molar-refractivity contribution in [3.63, 3.8) is 0 Å². The van der Waals surface area contributed by atoms with Crippen LogP contribution in [-0.2, 0) is 0 Å². The van der Waals surface area contributed by atoms with Crippen molar-refractivity contribution < 1.29 is 0 Å². The molecular formula is C38H40Cl2Si2. The van der Waals surface area contributed by atoms with Crippen molar-refractivity contribution in [1.82, 2.24) is 0 Å². The monoisotopic (exact) mass is 622 g/mol. The Morgan fingerprint density at radius 1 is 0.476 bits per heavy atom. The summed E-state index contributed by atoms with van der Waals surface area (Å²) in [4.78, 5) is 0. The maximum atomic E-state index is 8.19. The molecule has 0 amide bonds. The molecule has 2 aliphatic heterocycles. The normalized spacial score (nSPS) is 21.1. The van der Waals surface area contributed by atoms with E-state index in [0.29, 0.717) is 0 Å². The number of unbranched alkanes of at least 4 members (excludes halogenated alkanes) is 2. The molecule has 2 aliphatic rings. The SMILES string of the molecule is CCCCC1=C(c2ccccc2)[Si](Cl)(CC[Si]2(Cl)C(c3ccccc3)=C(CCCC)c3ccccc32)c2ccccc21. The molecular weight excluding hydrogens is 583 g/mol. The van der Waals surface area contributed by atoms with Gasteiger partial charge < -0.3 is 0 Å². The summed E-state index contributed by atoms with van der Waals surface area (Å²) in [6.45, 7) is 4.56. The van der Waals surface area contributed by atoms with E-state index >= 15 is 0 Å². The Labute approximate surface area is 263 Å². The Kier molecular flexibility index (Phi) is 8.79. The number of fused-ring (bicyclic) bond motifs is 2. The van der Waals surface area contributed by atoms with Crippen LogP contribution in [0.2, 0.25) is 12.1 Å². The molecule has 0 bridgehead atoms. The highest BCUT2D eigenvalue weighted by atomic mass is 35.6. The predicted molar refractivity (Wildman–Crippen MR) is 191 cm³/mol. The molecule has 42 heavy (non-hydrogen) atoms. The minimum absolute atomic E-state index is 0.937. The van der Waals surface area contributed by atoms with Crippen LogP contribution in [0.5, 0.6) is 0 Å². The summed E-state index contributed by atoms with van der Waals surface area (Å²) in [6, 6.07) is 41.9. The molecule has 0 fully saturated rings. The topological polar surface area (TPSA) is 0 Å². The third-order valence-electron chi connectivity index (χ3n) is 9.25. The smallest absolute Gasteiger partial charge is 0.155 e. The molecule has 0 saturated carbocycles. The molecule has 0 aromatic heterocycles. The van der Waals surface area contributed by atoms with E-state index in [9.17, 15) is 0 Å². The number of hydrogen-bond donors (Lipinski definition) is 0. The quantitative estimate of drug-likeness (QED) is 0.115. The van der Waals surface area contributed by atoms with Crippen molar-refractivity contribution >= 4 is 68.8 Å². The Morgan fingerprint density at radius 2 is 0.833 bits per heavy atom. The summed E-state index contributed by atoms with van der Waals surface area (Å²) in [6.07, 6.45) is 6.83. The van der Waals surface area contributed by atoms with Gasteiger partial charge in [0.15, 0.2) is 0 Å². The second-order valence-corrected chi connectivity index (χ2v) is 22.0. The third kappa shape index (κ3) is 5.11. The van der Waals surface area contributed by atoms with Gasteiger partial charge in [-0.2, -0.15) is 22.2 Å². The van der Waals surface area contributed by atoms with Gasteiger partial charge in [0, 0.05) is 0 Å².